The quantitative estimate of drug-likeness (QED) is 0.553. The van der Waals surface area contributed by atoms with Gasteiger partial charge in [-0.1, -0.05) is 41.7 Å². The number of hydrogen-bond donors (Lipinski definition) is 1. The Morgan fingerprint density at radius 1 is 1.23 bits per heavy atom. The number of rotatable bonds is 4. The summed E-state index contributed by atoms with van der Waals surface area (Å²) in [6.07, 6.45) is 1.63. The summed E-state index contributed by atoms with van der Waals surface area (Å²) in [5, 5.41) is 10.2. The topological polar surface area (TPSA) is 77.2 Å². The Morgan fingerprint density at radius 3 is 2.81 bits per heavy atom. The highest BCUT2D eigenvalue weighted by Gasteiger charge is 2.22. The lowest BCUT2D eigenvalue weighted by Gasteiger charge is -2.01. The second-order valence-electron chi connectivity index (χ2n) is 5.55. The first-order valence-corrected chi connectivity index (χ1v) is 8.89. The highest BCUT2D eigenvalue weighted by Crippen LogP contribution is 2.32. The van der Waals surface area contributed by atoms with Gasteiger partial charge >= 0.3 is 5.97 Å². The molecular weight excluding hydrogens is 350 g/mol. The number of nitrogens with zero attached hydrogens (tertiary/aromatic N) is 3. The van der Waals surface area contributed by atoms with Gasteiger partial charge in [0.15, 0.2) is 5.13 Å². The molecule has 0 atom stereocenters. The maximum Gasteiger partial charge on any atom is 0.350 e. The van der Waals surface area contributed by atoms with Gasteiger partial charge in [0.2, 0.25) is 0 Å². The average Bonchev–Trinajstić information content (AvgIpc) is 3.26. The van der Waals surface area contributed by atoms with Crippen LogP contribution in [0.4, 0.5) is 0 Å². The van der Waals surface area contributed by atoms with Crippen molar-refractivity contribution in [2.75, 3.05) is 6.61 Å². The first kappa shape index (κ1) is 16.3. The van der Waals surface area contributed by atoms with Crippen LogP contribution in [-0.4, -0.2) is 32.2 Å². The monoisotopic (exact) mass is 365 g/mol. The molecule has 0 saturated carbocycles. The molecule has 4 aromatic rings. The van der Waals surface area contributed by atoms with Gasteiger partial charge in [0, 0.05) is 11.6 Å². The number of carbonyl (C=O) groups excluding carboxylic acids is 1. The number of phenols is 1. The molecule has 0 amide bonds. The van der Waals surface area contributed by atoms with Gasteiger partial charge < -0.3 is 9.84 Å². The normalized spacial score (nSPS) is 11.0. The van der Waals surface area contributed by atoms with Crippen LogP contribution in [0.1, 0.15) is 16.6 Å². The highest BCUT2D eigenvalue weighted by atomic mass is 32.1. The van der Waals surface area contributed by atoms with Crippen molar-refractivity contribution >= 4 is 28.3 Å². The Morgan fingerprint density at radius 2 is 2.04 bits per heavy atom. The van der Waals surface area contributed by atoms with Gasteiger partial charge in [0.05, 0.1) is 23.3 Å². The van der Waals surface area contributed by atoms with E-state index in [4.69, 9.17) is 4.74 Å². The molecule has 0 spiro atoms. The molecular formula is C19H15N3O3S. The first-order valence-electron chi connectivity index (χ1n) is 8.07. The zero-order chi connectivity index (χ0) is 18.1. The molecule has 1 N–H and O–H groups in total. The van der Waals surface area contributed by atoms with Crippen molar-refractivity contribution in [1.82, 2.24) is 14.5 Å². The van der Waals surface area contributed by atoms with Crippen LogP contribution in [0.3, 0.4) is 0 Å². The van der Waals surface area contributed by atoms with Crippen LogP contribution in [0.2, 0.25) is 0 Å². The van der Waals surface area contributed by atoms with Crippen LogP contribution < -0.4 is 0 Å². The molecule has 2 heterocycles. The summed E-state index contributed by atoms with van der Waals surface area (Å²) in [5.74, 6) is -0.240. The van der Waals surface area contributed by atoms with Crippen LogP contribution in [0.25, 0.3) is 27.4 Å². The molecule has 0 bridgehead atoms. The van der Waals surface area contributed by atoms with Crippen molar-refractivity contribution in [2.24, 2.45) is 0 Å². The number of aromatic nitrogens is 3. The zero-order valence-corrected chi connectivity index (χ0v) is 14.7. The molecule has 7 heteroatoms. The van der Waals surface area contributed by atoms with Crippen molar-refractivity contribution in [3.8, 4) is 22.1 Å². The first-order chi connectivity index (χ1) is 12.7. The fourth-order valence-corrected chi connectivity index (χ4v) is 3.66. The van der Waals surface area contributed by atoms with E-state index >= 15 is 0 Å². The molecule has 2 aromatic heterocycles. The molecule has 0 aliphatic carbocycles. The van der Waals surface area contributed by atoms with E-state index in [-0.39, 0.29) is 5.75 Å². The lowest BCUT2D eigenvalue weighted by atomic mass is 10.1. The van der Waals surface area contributed by atoms with E-state index in [1.54, 1.807) is 36.0 Å². The predicted octanol–water partition coefficient (Wildman–Crippen LogP) is 4.03. The summed E-state index contributed by atoms with van der Waals surface area (Å²) < 4.78 is 7.00. The molecule has 2 aromatic carbocycles. The van der Waals surface area contributed by atoms with Gasteiger partial charge in [-0.25, -0.2) is 14.8 Å². The molecule has 0 fully saturated rings. The standard InChI is InChI=1S/C19H15N3O3S/c1-2-25-18(24)17-16(12-6-4-3-5-7-12)21-19(26-17)22-11-20-14-10-13(23)8-9-15(14)22/h3-11,23H,2H2,1H3. The van der Waals surface area contributed by atoms with Crippen LogP contribution in [0, 0.1) is 0 Å². The molecule has 0 aliphatic heterocycles. The van der Waals surface area contributed by atoms with Gasteiger partial charge in [-0.2, -0.15) is 0 Å². The predicted molar refractivity (Wildman–Crippen MR) is 99.8 cm³/mol. The molecule has 130 valence electrons. The summed E-state index contributed by atoms with van der Waals surface area (Å²) in [4.78, 5) is 21.9. The number of aromatic hydroxyl groups is 1. The van der Waals surface area contributed by atoms with Crippen molar-refractivity contribution in [3.05, 3.63) is 59.7 Å². The maximum atomic E-state index is 12.4. The minimum absolute atomic E-state index is 0.152. The highest BCUT2D eigenvalue weighted by molar-refractivity contribution is 7.16. The molecule has 0 saturated heterocycles. The minimum atomic E-state index is -0.392. The average molecular weight is 365 g/mol. The van der Waals surface area contributed by atoms with Crippen molar-refractivity contribution < 1.29 is 14.6 Å². The van der Waals surface area contributed by atoms with Gasteiger partial charge in [0.25, 0.3) is 0 Å². The second-order valence-corrected chi connectivity index (χ2v) is 6.53. The van der Waals surface area contributed by atoms with Gasteiger partial charge in [0.1, 0.15) is 17.0 Å². The number of carbonyl (C=O) groups is 1. The van der Waals surface area contributed by atoms with Crippen LogP contribution in [0.15, 0.2) is 54.9 Å². The molecule has 4 rings (SSSR count). The molecule has 0 radical (unpaired) electrons. The third-order valence-electron chi connectivity index (χ3n) is 3.86. The largest absolute Gasteiger partial charge is 0.508 e. The molecule has 26 heavy (non-hydrogen) atoms. The number of thiazole rings is 1. The summed E-state index contributed by atoms with van der Waals surface area (Å²) in [5.41, 5.74) is 2.88. The lowest BCUT2D eigenvalue weighted by molar-refractivity contribution is 0.0532. The van der Waals surface area contributed by atoms with E-state index in [0.717, 1.165) is 11.1 Å². The minimum Gasteiger partial charge on any atom is -0.508 e. The number of benzene rings is 2. The Balaban J connectivity index is 1.88. The second kappa shape index (κ2) is 6.61. The summed E-state index contributed by atoms with van der Waals surface area (Å²) in [6, 6.07) is 14.5. The molecule has 0 aliphatic rings. The van der Waals surface area contributed by atoms with Crippen molar-refractivity contribution in [1.29, 1.82) is 0 Å². The van der Waals surface area contributed by atoms with Crippen LogP contribution in [0.5, 0.6) is 5.75 Å². The summed E-state index contributed by atoms with van der Waals surface area (Å²) in [6.45, 7) is 2.07. The van der Waals surface area contributed by atoms with E-state index in [1.807, 2.05) is 30.3 Å². The number of phenolic OH excluding ortho intramolecular Hbond substituents is 1. The van der Waals surface area contributed by atoms with Crippen LogP contribution in [-0.2, 0) is 4.74 Å². The molecule has 0 unspecified atom stereocenters. The fraction of sp³-hybridized carbons (Fsp3) is 0.105. The van der Waals surface area contributed by atoms with Crippen molar-refractivity contribution in [2.45, 2.75) is 6.92 Å². The van der Waals surface area contributed by atoms with E-state index in [0.29, 0.717) is 27.8 Å². The zero-order valence-electron chi connectivity index (χ0n) is 13.9. The van der Waals surface area contributed by atoms with E-state index in [9.17, 15) is 9.90 Å². The smallest absolute Gasteiger partial charge is 0.350 e. The Labute approximate surface area is 153 Å². The number of ether oxygens (including phenoxy) is 1. The summed E-state index contributed by atoms with van der Waals surface area (Å²) >= 11 is 1.25. The number of hydrogen-bond acceptors (Lipinski definition) is 6. The third-order valence-corrected chi connectivity index (χ3v) is 4.90. The number of esters is 1. The van der Waals surface area contributed by atoms with E-state index < -0.39 is 5.97 Å². The molecule has 6 nitrogen and oxygen atoms in total. The Kier molecular flexibility index (Phi) is 4.14. The third kappa shape index (κ3) is 2.82. The van der Waals surface area contributed by atoms with E-state index in [2.05, 4.69) is 9.97 Å². The maximum absolute atomic E-state index is 12.4. The number of imidazole rings is 1. The van der Waals surface area contributed by atoms with Crippen molar-refractivity contribution in [3.63, 3.8) is 0 Å². The SMILES string of the molecule is CCOC(=O)c1sc(-n2cnc3cc(O)ccc32)nc1-c1ccccc1. The van der Waals surface area contributed by atoms with Crippen LogP contribution >= 0.6 is 11.3 Å². The number of fused-ring (bicyclic) bond motifs is 1. The summed E-state index contributed by atoms with van der Waals surface area (Å²) in [7, 11) is 0. The van der Waals surface area contributed by atoms with Gasteiger partial charge in [-0.15, -0.1) is 0 Å². The van der Waals surface area contributed by atoms with Gasteiger partial charge in [-0.05, 0) is 19.1 Å². The fourth-order valence-electron chi connectivity index (χ4n) is 2.69. The van der Waals surface area contributed by atoms with Gasteiger partial charge in [-0.3, -0.25) is 4.57 Å². The lowest BCUT2D eigenvalue weighted by Crippen LogP contribution is -2.03. The Hall–Kier alpha value is -3.19. The van der Waals surface area contributed by atoms with E-state index in [1.165, 1.54) is 11.3 Å². The Bertz CT molecular complexity index is 1090.